The molecule has 0 amide bonds. The number of likely N-dealkylation sites (tertiary alicyclic amines) is 1. The highest BCUT2D eigenvalue weighted by Crippen LogP contribution is 2.38. The van der Waals surface area contributed by atoms with Gasteiger partial charge in [0.1, 0.15) is 5.54 Å². The predicted octanol–water partition coefficient (Wildman–Crippen LogP) is 0.0240. The van der Waals surface area contributed by atoms with Crippen LogP contribution in [0.5, 0.6) is 0 Å². The fourth-order valence-corrected chi connectivity index (χ4v) is 3.42. The average molecular weight is 264 g/mol. The Balaban J connectivity index is 1.52. The van der Waals surface area contributed by atoms with Crippen LogP contribution in [0.3, 0.4) is 0 Å². The molecule has 2 N–H and O–H groups in total. The summed E-state index contributed by atoms with van der Waals surface area (Å²) >= 11 is 0. The molecular weight excluding hydrogens is 240 g/mol. The lowest BCUT2D eigenvalue weighted by Gasteiger charge is -2.33. The topological polar surface area (TPSA) is 65.5 Å². The SMILES string of the molecule is N#CC(N)(CN1CCC(N2CCOCC2)C1)C1CC1. The van der Waals surface area contributed by atoms with Gasteiger partial charge in [-0.15, -0.1) is 0 Å². The second-order valence-corrected chi connectivity index (χ2v) is 6.25. The molecule has 2 atom stereocenters. The van der Waals surface area contributed by atoms with Gasteiger partial charge in [0.2, 0.25) is 0 Å². The summed E-state index contributed by atoms with van der Waals surface area (Å²) in [6.45, 7) is 6.70. The third-order valence-electron chi connectivity index (χ3n) is 4.81. The van der Waals surface area contributed by atoms with Crippen LogP contribution in [0, 0.1) is 17.2 Å². The molecule has 0 bridgehead atoms. The van der Waals surface area contributed by atoms with Crippen LogP contribution in [-0.2, 0) is 4.74 Å². The summed E-state index contributed by atoms with van der Waals surface area (Å²) in [5.41, 5.74) is 5.66. The first-order valence-corrected chi connectivity index (χ1v) is 7.45. The number of morpholine rings is 1. The lowest BCUT2D eigenvalue weighted by Crippen LogP contribution is -2.51. The maximum Gasteiger partial charge on any atom is 0.119 e. The number of nitriles is 1. The Bertz CT molecular complexity index is 359. The van der Waals surface area contributed by atoms with Crippen LogP contribution in [0.4, 0.5) is 0 Å². The summed E-state index contributed by atoms with van der Waals surface area (Å²) in [7, 11) is 0. The van der Waals surface area contributed by atoms with Crippen LogP contribution >= 0.6 is 0 Å². The summed E-state index contributed by atoms with van der Waals surface area (Å²) < 4.78 is 5.41. The van der Waals surface area contributed by atoms with E-state index in [9.17, 15) is 5.26 Å². The molecule has 0 spiro atoms. The fraction of sp³-hybridized carbons (Fsp3) is 0.929. The van der Waals surface area contributed by atoms with Crippen molar-refractivity contribution in [3.8, 4) is 6.07 Å². The lowest BCUT2D eigenvalue weighted by molar-refractivity contribution is 0.0182. The molecule has 3 rings (SSSR count). The second kappa shape index (κ2) is 5.37. The molecular formula is C14H24N4O. The van der Waals surface area contributed by atoms with E-state index in [0.29, 0.717) is 12.0 Å². The number of hydrogen-bond donors (Lipinski definition) is 1. The van der Waals surface area contributed by atoms with Crippen molar-refractivity contribution < 1.29 is 4.74 Å². The summed E-state index contributed by atoms with van der Waals surface area (Å²) in [6, 6.07) is 2.99. The van der Waals surface area contributed by atoms with Gasteiger partial charge in [0.25, 0.3) is 0 Å². The lowest BCUT2D eigenvalue weighted by atomic mass is 9.96. The Morgan fingerprint density at radius 1 is 1.21 bits per heavy atom. The quantitative estimate of drug-likeness (QED) is 0.776. The number of nitrogens with zero attached hydrogens (tertiary/aromatic N) is 3. The van der Waals surface area contributed by atoms with Gasteiger partial charge in [-0.1, -0.05) is 0 Å². The molecule has 2 aliphatic heterocycles. The minimum Gasteiger partial charge on any atom is -0.379 e. The Morgan fingerprint density at radius 2 is 1.95 bits per heavy atom. The van der Waals surface area contributed by atoms with E-state index in [0.717, 1.165) is 58.8 Å². The van der Waals surface area contributed by atoms with Crippen molar-refractivity contribution in [1.82, 2.24) is 9.80 Å². The number of nitrogens with two attached hydrogens (primary N) is 1. The molecule has 106 valence electrons. The number of hydrogen-bond acceptors (Lipinski definition) is 5. The molecule has 3 aliphatic rings. The van der Waals surface area contributed by atoms with Crippen molar-refractivity contribution in [1.29, 1.82) is 5.26 Å². The van der Waals surface area contributed by atoms with Gasteiger partial charge < -0.3 is 10.5 Å². The zero-order valence-corrected chi connectivity index (χ0v) is 11.6. The van der Waals surface area contributed by atoms with Crippen molar-refractivity contribution in [2.24, 2.45) is 11.7 Å². The molecule has 5 heteroatoms. The van der Waals surface area contributed by atoms with E-state index in [1.807, 2.05) is 0 Å². The number of rotatable bonds is 4. The van der Waals surface area contributed by atoms with Gasteiger partial charge in [0.15, 0.2) is 0 Å². The highest BCUT2D eigenvalue weighted by Gasteiger charge is 2.44. The van der Waals surface area contributed by atoms with Gasteiger partial charge in [0.05, 0.1) is 19.3 Å². The molecule has 19 heavy (non-hydrogen) atoms. The van der Waals surface area contributed by atoms with E-state index in [2.05, 4.69) is 15.9 Å². The van der Waals surface area contributed by atoms with E-state index in [1.54, 1.807) is 0 Å². The van der Waals surface area contributed by atoms with Crippen LogP contribution in [0.25, 0.3) is 0 Å². The molecule has 0 radical (unpaired) electrons. The van der Waals surface area contributed by atoms with E-state index in [4.69, 9.17) is 10.5 Å². The van der Waals surface area contributed by atoms with Crippen molar-refractivity contribution >= 4 is 0 Å². The highest BCUT2D eigenvalue weighted by molar-refractivity contribution is 5.15. The third kappa shape index (κ3) is 2.92. The van der Waals surface area contributed by atoms with E-state index in [-0.39, 0.29) is 0 Å². The van der Waals surface area contributed by atoms with Crippen LogP contribution in [0.2, 0.25) is 0 Å². The van der Waals surface area contributed by atoms with Gasteiger partial charge in [-0.3, -0.25) is 9.80 Å². The molecule has 0 aromatic carbocycles. The molecule has 5 nitrogen and oxygen atoms in total. The van der Waals surface area contributed by atoms with Crippen LogP contribution in [0.15, 0.2) is 0 Å². The van der Waals surface area contributed by atoms with Crippen LogP contribution in [-0.4, -0.2) is 67.3 Å². The summed E-state index contributed by atoms with van der Waals surface area (Å²) in [5, 5.41) is 9.34. The average Bonchev–Trinajstić information content (AvgIpc) is 3.21. The minimum atomic E-state index is -0.611. The monoisotopic (exact) mass is 264 g/mol. The maximum absolute atomic E-state index is 9.34. The minimum absolute atomic E-state index is 0.430. The Hall–Kier alpha value is -0.670. The fourth-order valence-electron chi connectivity index (χ4n) is 3.42. The molecule has 2 unspecified atom stereocenters. The zero-order valence-electron chi connectivity index (χ0n) is 11.6. The number of ether oxygens (including phenoxy) is 1. The summed E-state index contributed by atoms with van der Waals surface area (Å²) in [6.07, 6.45) is 3.46. The first kappa shape index (κ1) is 13.3. The molecule has 0 aromatic rings. The Kier molecular flexibility index (Phi) is 3.77. The molecule has 1 saturated carbocycles. The smallest absolute Gasteiger partial charge is 0.119 e. The van der Waals surface area contributed by atoms with Gasteiger partial charge in [-0.05, 0) is 31.7 Å². The molecule has 2 heterocycles. The van der Waals surface area contributed by atoms with Crippen molar-refractivity contribution in [3.05, 3.63) is 0 Å². The first-order chi connectivity index (χ1) is 9.21. The molecule has 3 fully saturated rings. The van der Waals surface area contributed by atoms with E-state index >= 15 is 0 Å². The van der Waals surface area contributed by atoms with Gasteiger partial charge in [-0.2, -0.15) is 5.26 Å². The molecule has 0 aromatic heterocycles. The second-order valence-electron chi connectivity index (χ2n) is 6.25. The zero-order chi connectivity index (χ0) is 13.3. The molecule has 2 saturated heterocycles. The maximum atomic E-state index is 9.34. The summed E-state index contributed by atoms with van der Waals surface area (Å²) in [4.78, 5) is 4.92. The normalized spacial score (nSPS) is 32.9. The summed E-state index contributed by atoms with van der Waals surface area (Å²) in [5.74, 6) is 0.430. The van der Waals surface area contributed by atoms with E-state index in [1.165, 1.54) is 6.42 Å². The Morgan fingerprint density at radius 3 is 2.58 bits per heavy atom. The highest BCUT2D eigenvalue weighted by atomic mass is 16.5. The van der Waals surface area contributed by atoms with Gasteiger partial charge in [0, 0.05) is 32.2 Å². The van der Waals surface area contributed by atoms with Crippen molar-refractivity contribution in [2.45, 2.75) is 30.8 Å². The predicted molar refractivity (Wildman–Crippen MR) is 72.5 cm³/mol. The van der Waals surface area contributed by atoms with Gasteiger partial charge >= 0.3 is 0 Å². The first-order valence-electron chi connectivity index (χ1n) is 7.45. The Labute approximate surface area is 115 Å². The standard InChI is InChI=1S/C14H24N4O/c15-10-14(16,12-1-2-12)11-17-4-3-13(9-17)18-5-7-19-8-6-18/h12-13H,1-9,11,16H2. The van der Waals surface area contributed by atoms with Gasteiger partial charge in [-0.25, -0.2) is 0 Å². The van der Waals surface area contributed by atoms with Crippen LogP contribution in [0.1, 0.15) is 19.3 Å². The third-order valence-corrected chi connectivity index (χ3v) is 4.81. The van der Waals surface area contributed by atoms with Crippen molar-refractivity contribution in [3.63, 3.8) is 0 Å². The van der Waals surface area contributed by atoms with Crippen LogP contribution < -0.4 is 5.73 Å². The molecule has 1 aliphatic carbocycles. The largest absolute Gasteiger partial charge is 0.379 e. The van der Waals surface area contributed by atoms with Crippen molar-refractivity contribution in [2.75, 3.05) is 45.9 Å². The van der Waals surface area contributed by atoms with E-state index < -0.39 is 5.54 Å².